The van der Waals surface area contributed by atoms with Crippen molar-refractivity contribution in [3.63, 3.8) is 0 Å². The smallest absolute Gasteiger partial charge is 0.226 e. The van der Waals surface area contributed by atoms with E-state index in [2.05, 4.69) is 38.1 Å². The van der Waals surface area contributed by atoms with Gasteiger partial charge in [0.25, 0.3) is 0 Å². The predicted octanol–water partition coefficient (Wildman–Crippen LogP) is 3.02. The van der Waals surface area contributed by atoms with Crippen LogP contribution in [-0.4, -0.2) is 53.6 Å². The zero-order valence-electron chi connectivity index (χ0n) is 16.7. The fraction of sp³-hybridized carbons (Fsp3) is 0.318. The second-order valence-corrected chi connectivity index (χ2v) is 6.84. The van der Waals surface area contributed by atoms with E-state index in [1.165, 1.54) is 0 Å². The summed E-state index contributed by atoms with van der Waals surface area (Å²) in [5.74, 6) is 2.58. The van der Waals surface area contributed by atoms with Crippen LogP contribution in [0.15, 0.2) is 70.4 Å². The van der Waals surface area contributed by atoms with Crippen molar-refractivity contribution in [2.24, 2.45) is 4.99 Å². The number of benzene rings is 1. The number of guanidine groups is 1. The topological polar surface area (TPSA) is 69.8 Å². The van der Waals surface area contributed by atoms with Crippen molar-refractivity contribution in [1.82, 2.24) is 20.2 Å². The number of rotatable bonds is 5. The van der Waals surface area contributed by atoms with Crippen LogP contribution in [0, 0.1) is 0 Å². The molecule has 0 saturated carbocycles. The van der Waals surface area contributed by atoms with E-state index in [0.717, 1.165) is 55.8 Å². The number of anilines is 1. The van der Waals surface area contributed by atoms with Crippen molar-refractivity contribution in [1.29, 1.82) is 0 Å². The number of nitrogens with zero attached hydrogens (tertiary/aromatic N) is 5. The Balaban J connectivity index is 1.39. The SMILES string of the molecule is CCNC(=NCc1coc(-c2ccccc2)n1)N1CCN(c2ccccn2)CC1. The second kappa shape index (κ2) is 9.23. The molecule has 0 aliphatic carbocycles. The van der Waals surface area contributed by atoms with Gasteiger partial charge in [0.15, 0.2) is 5.96 Å². The molecule has 7 nitrogen and oxygen atoms in total. The Morgan fingerprint density at radius 3 is 2.59 bits per heavy atom. The Hall–Kier alpha value is -3.35. The highest BCUT2D eigenvalue weighted by Gasteiger charge is 2.20. The molecule has 3 heterocycles. The maximum atomic E-state index is 5.62. The van der Waals surface area contributed by atoms with Gasteiger partial charge in [0.05, 0.1) is 6.54 Å². The minimum atomic E-state index is 0.485. The monoisotopic (exact) mass is 390 g/mol. The Kier molecular flexibility index (Phi) is 6.04. The van der Waals surface area contributed by atoms with Crippen molar-refractivity contribution in [3.8, 4) is 11.5 Å². The fourth-order valence-corrected chi connectivity index (χ4v) is 3.36. The minimum absolute atomic E-state index is 0.485. The highest BCUT2D eigenvalue weighted by molar-refractivity contribution is 5.80. The number of hydrogen-bond acceptors (Lipinski definition) is 5. The van der Waals surface area contributed by atoms with E-state index < -0.39 is 0 Å². The lowest BCUT2D eigenvalue weighted by molar-refractivity contribution is 0.371. The summed E-state index contributed by atoms with van der Waals surface area (Å²) in [6, 6.07) is 16.0. The summed E-state index contributed by atoms with van der Waals surface area (Å²) in [5.41, 5.74) is 1.80. The van der Waals surface area contributed by atoms with Crippen LogP contribution < -0.4 is 10.2 Å². The number of hydrogen-bond donors (Lipinski definition) is 1. The third-order valence-corrected chi connectivity index (χ3v) is 4.85. The molecular formula is C22H26N6O. The van der Waals surface area contributed by atoms with Crippen LogP contribution in [0.2, 0.25) is 0 Å². The summed E-state index contributed by atoms with van der Waals surface area (Å²) in [7, 11) is 0. The lowest BCUT2D eigenvalue weighted by atomic mass is 10.2. The molecule has 1 saturated heterocycles. The molecule has 0 unspecified atom stereocenters. The molecular weight excluding hydrogens is 364 g/mol. The summed E-state index contributed by atoms with van der Waals surface area (Å²) in [5, 5.41) is 3.40. The first-order valence-electron chi connectivity index (χ1n) is 10.0. The summed E-state index contributed by atoms with van der Waals surface area (Å²) in [4.78, 5) is 18.4. The van der Waals surface area contributed by atoms with Gasteiger partial charge in [-0.05, 0) is 31.2 Å². The van der Waals surface area contributed by atoms with Crippen LogP contribution in [0.3, 0.4) is 0 Å². The lowest BCUT2D eigenvalue weighted by Gasteiger charge is -2.37. The van der Waals surface area contributed by atoms with Gasteiger partial charge in [0.1, 0.15) is 17.8 Å². The van der Waals surface area contributed by atoms with Crippen LogP contribution >= 0.6 is 0 Å². The first-order valence-corrected chi connectivity index (χ1v) is 10.0. The van der Waals surface area contributed by atoms with E-state index in [4.69, 9.17) is 9.41 Å². The van der Waals surface area contributed by atoms with E-state index in [9.17, 15) is 0 Å². The average Bonchev–Trinajstić information content (AvgIpc) is 3.27. The zero-order valence-corrected chi connectivity index (χ0v) is 16.7. The lowest BCUT2D eigenvalue weighted by Crippen LogP contribution is -2.52. The van der Waals surface area contributed by atoms with Gasteiger partial charge in [-0.25, -0.2) is 15.0 Å². The van der Waals surface area contributed by atoms with Gasteiger partial charge in [0.2, 0.25) is 5.89 Å². The molecule has 1 fully saturated rings. The van der Waals surface area contributed by atoms with E-state index in [1.54, 1.807) is 6.26 Å². The van der Waals surface area contributed by atoms with Gasteiger partial charge in [-0.1, -0.05) is 24.3 Å². The predicted molar refractivity (Wildman–Crippen MR) is 115 cm³/mol. The number of aromatic nitrogens is 2. The van der Waals surface area contributed by atoms with Gasteiger partial charge in [0, 0.05) is 44.5 Å². The van der Waals surface area contributed by atoms with E-state index in [-0.39, 0.29) is 0 Å². The summed E-state index contributed by atoms with van der Waals surface area (Å²) >= 11 is 0. The highest BCUT2D eigenvalue weighted by atomic mass is 16.3. The van der Waals surface area contributed by atoms with Crippen molar-refractivity contribution in [2.75, 3.05) is 37.6 Å². The summed E-state index contributed by atoms with van der Waals surface area (Å²) in [6.07, 6.45) is 3.53. The van der Waals surface area contributed by atoms with Gasteiger partial charge >= 0.3 is 0 Å². The largest absolute Gasteiger partial charge is 0.444 e. The Bertz CT molecular complexity index is 917. The molecule has 0 amide bonds. The molecule has 7 heteroatoms. The Labute approximate surface area is 171 Å². The standard InChI is InChI=1S/C22H26N6O/c1-2-23-22(28-14-12-27(13-15-28)20-10-6-7-11-24-20)25-16-19-17-29-21(26-19)18-8-4-3-5-9-18/h3-11,17H,2,12-16H2,1H3,(H,23,25). The van der Waals surface area contributed by atoms with Crippen molar-refractivity contribution in [2.45, 2.75) is 13.5 Å². The van der Waals surface area contributed by atoms with Gasteiger partial charge in [-0.3, -0.25) is 0 Å². The molecule has 0 spiro atoms. The van der Waals surface area contributed by atoms with E-state index >= 15 is 0 Å². The fourth-order valence-electron chi connectivity index (χ4n) is 3.36. The number of pyridine rings is 1. The first-order chi connectivity index (χ1) is 14.3. The second-order valence-electron chi connectivity index (χ2n) is 6.84. The van der Waals surface area contributed by atoms with Crippen LogP contribution in [0.1, 0.15) is 12.6 Å². The number of aliphatic imine (C=N–C) groups is 1. The van der Waals surface area contributed by atoms with E-state index in [1.807, 2.05) is 48.7 Å². The van der Waals surface area contributed by atoms with Crippen LogP contribution in [-0.2, 0) is 6.54 Å². The number of nitrogens with one attached hydrogen (secondary N) is 1. The molecule has 3 aromatic rings. The van der Waals surface area contributed by atoms with Crippen LogP contribution in [0.4, 0.5) is 5.82 Å². The minimum Gasteiger partial charge on any atom is -0.444 e. The molecule has 4 rings (SSSR count). The molecule has 1 aliphatic rings. The molecule has 2 aromatic heterocycles. The molecule has 150 valence electrons. The maximum Gasteiger partial charge on any atom is 0.226 e. The molecule has 1 aliphatic heterocycles. The van der Waals surface area contributed by atoms with Gasteiger partial charge < -0.3 is 19.5 Å². The zero-order chi connectivity index (χ0) is 19.9. The number of piperazine rings is 1. The number of oxazole rings is 1. The van der Waals surface area contributed by atoms with Crippen LogP contribution in [0.5, 0.6) is 0 Å². The third-order valence-electron chi connectivity index (χ3n) is 4.85. The van der Waals surface area contributed by atoms with Gasteiger partial charge in [-0.15, -0.1) is 0 Å². The maximum absolute atomic E-state index is 5.62. The van der Waals surface area contributed by atoms with Crippen molar-refractivity contribution < 1.29 is 4.42 Å². The normalized spacial score (nSPS) is 14.9. The third kappa shape index (κ3) is 4.74. The summed E-state index contributed by atoms with van der Waals surface area (Å²) in [6.45, 7) is 7.04. The Morgan fingerprint density at radius 2 is 1.86 bits per heavy atom. The van der Waals surface area contributed by atoms with Crippen molar-refractivity contribution >= 4 is 11.8 Å². The van der Waals surface area contributed by atoms with Gasteiger partial charge in [-0.2, -0.15) is 0 Å². The average molecular weight is 390 g/mol. The first kappa shape index (κ1) is 19.0. The molecule has 0 bridgehead atoms. The van der Waals surface area contributed by atoms with E-state index in [0.29, 0.717) is 12.4 Å². The molecule has 0 atom stereocenters. The molecule has 0 radical (unpaired) electrons. The molecule has 29 heavy (non-hydrogen) atoms. The summed E-state index contributed by atoms with van der Waals surface area (Å²) < 4.78 is 5.62. The quantitative estimate of drug-likeness (QED) is 0.533. The van der Waals surface area contributed by atoms with Crippen molar-refractivity contribution in [3.05, 3.63) is 66.7 Å². The molecule has 1 aromatic carbocycles. The highest BCUT2D eigenvalue weighted by Crippen LogP contribution is 2.18. The Morgan fingerprint density at radius 1 is 1.07 bits per heavy atom. The van der Waals surface area contributed by atoms with Crippen LogP contribution in [0.25, 0.3) is 11.5 Å². The molecule has 1 N–H and O–H groups in total.